The number of hydrogen-bond acceptors (Lipinski definition) is 4. The Morgan fingerprint density at radius 3 is 2.22 bits per heavy atom. The molecule has 0 heterocycles. The summed E-state index contributed by atoms with van der Waals surface area (Å²) in [6, 6.07) is 8.82. The van der Waals surface area contributed by atoms with Crippen molar-refractivity contribution in [3.8, 4) is 0 Å². The van der Waals surface area contributed by atoms with Crippen LogP contribution < -0.4 is 0 Å². The summed E-state index contributed by atoms with van der Waals surface area (Å²) >= 11 is -0.946. The molecule has 0 bridgehead atoms. The van der Waals surface area contributed by atoms with Crippen LogP contribution in [0.5, 0.6) is 0 Å². The SMILES string of the molecule is CN(C)C(=[SeH]C(=O)c1ccccc1)N(C)[N+](=O)[O-]. The topological polar surface area (TPSA) is 66.7 Å². The van der Waals surface area contributed by atoms with Gasteiger partial charge in [-0.05, 0) is 0 Å². The molecule has 0 aliphatic rings. The molecule has 98 valence electrons. The molecule has 0 atom stereocenters. The van der Waals surface area contributed by atoms with Gasteiger partial charge in [-0.1, -0.05) is 0 Å². The minimum absolute atomic E-state index is 0.0516. The molecule has 18 heavy (non-hydrogen) atoms. The van der Waals surface area contributed by atoms with E-state index in [0.29, 0.717) is 10.2 Å². The van der Waals surface area contributed by atoms with Crippen molar-refractivity contribution in [1.29, 1.82) is 0 Å². The van der Waals surface area contributed by atoms with Crippen LogP contribution in [0.2, 0.25) is 0 Å². The normalized spacial score (nSPS) is 11.9. The number of nitro groups is 1. The summed E-state index contributed by atoms with van der Waals surface area (Å²) in [6.07, 6.45) is 0. The van der Waals surface area contributed by atoms with Gasteiger partial charge in [0.1, 0.15) is 0 Å². The van der Waals surface area contributed by atoms with E-state index < -0.39 is 19.6 Å². The molecule has 0 N–H and O–H groups in total. The Labute approximate surface area is 111 Å². The molecule has 0 fully saturated rings. The molecule has 0 spiro atoms. The Kier molecular flexibility index (Phi) is 5.15. The molecule has 1 aromatic carbocycles. The van der Waals surface area contributed by atoms with Crippen LogP contribution in [-0.2, 0) is 0 Å². The zero-order valence-corrected chi connectivity index (χ0v) is 12.3. The summed E-state index contributed by atoms with van der Waals surface area (Å²) in [6.45, 7) is 0. The van der Waals surface area contributed by atoms with E-state index in [2.05, 4.69) is 0 Å². The quantitative estimate of drug-likeness (QED) is 0.436. The van der Waals surface area contributed by atoms with Crippen LogP contribution in [0, 0.1) is 10.1 Å². The third-order valence-electron chi connectivity index (χ3n) is 2.16. The van der Waals surface area contributed by atoms with Crippen molar-refractivity contribution in [1.82, 2.24) is 9.91 Å². The molecule has 0 aromatic heterocycles. The van der Waals surface area contributed by atoms with Gasteiger partial charge >= 0.3 is 111 Å². The number of carbonyl (C=O) groups excluding carboxylic acids is 1. The van der Waals surface area contributed by atoms with E-state index >= 15 is 0 Å². The van der Waals surface area contributed by atoms with Crippen LogP contribution >= 0.6 is 0 Å². The average molecular weight is 316 g/mol. The van der Waals surface area contributed by atoms with Gasteiger partial charge in [0, 0.05) is 0 Å². The van der Waals surface area contributed by atoms with Gasteiger partial charge in [0.25, 0.3) is 0 Å². The zero-order chi connectivity index (χ0) is 13.7. The zero-order valence-electron chi connectivity index (χ0n) is 10.4. The van der Waals surface area contributed by atoms with Gasteiger partial charge in [0.05, 0.1) is 0 Å². The maximum atomic E-state index is 12.0. The Balaban J connectivity index is 3.03. The second kappa shape index (κ2) is 6.39. The first-order chi connectivity index (χ1) is 8.43. The fourth-order valence-electron chi connectivity index (χ4n) is 1.27. The fraction of sp³-hybridized carbons (Fsp3) is 0.273. The van der Waals surface area contributed by atoms with Crippen molar-refractivity contribution in [2.75, 3.05) is 21.1 Å². The first kappa shape index (κ1) is 14.5. The van der Waals surface area contributed by atoms with Crippen molar-refractivity contribution in [3.05, 3.63) is 46.0 Å². The average Bonchev–Trinajstić information content (AvgIpc) is 2.35. The molecule has 1 aromatic rings. The Bertz CT molecular complexity index is 474. The van der Waals surface area contributed by atoms with E-state index in [1.807, 2.05) is 6.07 Å². The number of hydrogen-bond donors (Lipinski definition) is 0. The molecular formula is C11H15N3O3Se. The van der Waals surface area contributed by atoms with E-state index in [-0.39, 0.29) is 4.68 Å². The first-order valence-electron chi connectivity index (χ1n) is 5.17. The minimum atomic E-state index is -0.946. The first-order valence-corrected chi connectivity index (χ1v) is 7.04. The summed E-state index contributed by atoms with van der Waals surface area (Å²) in [4.78, 5) is 24.4. The number of hydrazine groups is 1. The number of carbonyl (C=O) groups is 1. The molecule has 0 radical (unpaired) electrons. The Morgan fingerprint density at radius 2 is 1.78 bits per heavy atom. The van der Waals surface area contributed by atoms with Crippen LogP contribution in [0.25, 0.3) is 0 Å². The predicted octanol–water partition coefficient (Wildman–Crippen LogP) is 0.0358. The van der Waals surface area contributed by atoms with Gasteiger partial charge < -0.3 is 0 Å². The van der Waals surface area contributed by atoms with Crippen molar-refractivity contribution in [3.63, 3.8) is 0 Å². The molecule has 0 aliphatic heterocycles. The molecule has 0 saturated heterocycles. The van der Waals surface area contributed by atoms with Crippen molar-refractivity contribution in [2.24, 2.45) is 0 Å². The van der Waals surface area contributed by atoms with Crippen molar-refractivity contribution >= 4 is 23.9 Å². The maximum absolute atomic E-state index is 12.0. The third-order valence-corrected chi connectivity index (χ3v) is 4.99. The van der Waals surface area contributed by atoms with Gasteiger partial charge in [-0.15, -0.1) is 0 Å². The monoisotopic (exact) mass is 317 g/mol. The van der Waals surface area contributed by atoms with Crippen LogP contribution in [0.4, 0.5) is 0 Å². The standard InChI is InChI=1S/C11H15N3O3Se/c1-12(2)11(13(3)14(16)17)18-10(15)9-7-5-4-6-8-9/h4-8,18H,1-3H3. The third kappa shape index (κ3) is 3.73. The number of benzene rings is 1. The van der Waals surface area contributed by atoms with Gasteiger partial charge in [0.2, 0.25) is 0 Å². The molecule has 7 heteroatoms. The van der Waals surface area contributed by atoms with Gasteiger partial charge in [-0.25, -0.2) is 0 Å². The molecule has 0 saturated carbocycles. The molecule has 1 rings (SSSR count). The van der Waals surface area contributed by atoms with Crippen molar-refractivity contribution in [2.45, 2.75) is 0 Å². The van der Waals surface area contributed by atoms with Crippen molar-refractivity contribution < 1.29 is 9.83 Å². The summed E-state index contributed by atoms with van der Waals surface area (Å²) < 4.78 is 0.384. The molecule has 6 nitrogen and oxygen atoms in total. The summed E-state index contributed by atoms with van der Waals surface area (Å²) in [7, 11) is 4.75. The molecule has 0 unspecified atom stereocenters. The summed E-state index contributed by atoms with van der Waals surface area (Å²) in [5.74, 6) is 0. The van der Waals surface area contributed by atoms with Crippen LogP contribution in [0.1, 0.15) is 10.4 Å². The van der Waals surface area contributed by atoms with E-state index in [9.17, 15) is 14.9 Å². The molecular weight excluding hydrogens is 301 g/mol. The van der Waals surface area contributed by atoms with E-state index in [0.717, 1.165) is 5.01 Å². The van der Waals surface area contributed by atoms with Gasteiger partial charge in [0.15, 0.2) is 0 Å². The fourth-order valence-corrected chi connectivity index (χ4v) is 3.11. The molecule has 0 aliphatic carbocycles. The summed E-state index contributed by atoms with van der Waals surface area (Å²) in [5.41, 5.74) is 0.591. The second-order valence-corrected chi connectivity index (χ2v) is 5.90. The van der Waals surface area contributed by atoms with Crippen LogP contribution in [-0.4, -0.2) is 60.0 Å². The van der Waals surface area contributed by atoms with E-state index in [1.165, 1.54) is 7.05 Å². The van der Waals surface area contributed by atoms with Gasteiger partial charge in [-0.3, -0.25) is 0 Å². The number of nitrogens with zero attached hydrogens (tertiary/aromatic N) is 3. The second-order valence-electron chi connectivity index (χ2n) is 3.74. The van der Waals surface area contributed by atoms with E-state index in [4.69, 9.17) is 0 Å². The van der Waals surface area contributed by atoms with Gasteiger partial charge in [-0.2, -0.15) is 0 Å². The Hall–Kier alpha value is -1.56. The van der Waals surface area contributed by atoms with Crippen LogP contribution in [0.15, 0.2) is 30.3 Å². The Morgan fingerprint density at radius 1 is 1.22 bits per heavy atom. The summed E-state index contributed by atoms with van der Waals surface area (Å²) in [5, 5.41) is 11.1. The van der Waals surface area contributed by atoms with E-state index in [1.54, 1.807) is 43.3 Å². The number of rotatable bonds is 5. The predicted molar refractivity (Wildman–Crippen MR) is 71.4 cm³/mol. The van der Waals surface area contributed by atoms with Crippen LogP contribution in [0.3, 0.4) is 0 Å². The molecule has 0 amide bonds.